The van der Waals surface area contributed by atoms with Crippen molar-refractivity contribution in [1.82, 2.24) is 20.4 Å². The van der Waals surface area contributed by atoms with Gasteiger partial charge in [-0.1, -0.05) is 47.4 Å². The van der Waals surface area contributed by atoms with E-state index < -0.39 is 0 Å². The molecule has 2 aliphatic rings. The van der Waals surface area contributed by atoms with Crippen molar-refractivity contribution >= 4 is 34.1 Å². The summed E-state index contributed by atoms with van der Waals surface area (Å²) in [5.74, 6) is 0.321. The molecule has 0 saturated carbocycles. The van der Waals surface area contributed by atoms with Crippen LogP contribution in [0.2, 0.25) is 0 Å². The number of nitrogens with one attached hydrogen (secondary N) is 2. The first kappa shape index (κ1) is 22.5. The molecular formula is C21H29N5O3S2. The van der Waals surface area contributed by atoms with Crippen LogP contribution in [0.1, 0.15) is 24.0 Å². The van der Waals surface area contributed by atoms with E-state index in [4.69, 9.17) is 9.47 Å². The average molecular weight is 464 g/mol. The van der Waals surface area contributed by atoms with Gasteiger partial charge in [0, 0.05) is 39.3 Å². The van der Waals surface area contributed by atoms with Gasteiger partial charge in [0.25, 0.3) is 0 Å². The highest BCUT2D eigenvalue weighted by Crippen LogP contribution is 2.25. The van der Waals surface area contributed by atoms with E-state index in [2.05, 4.69) is 43.9 Å². The van der Waals surface area contributed by atoms with Gasteiger partial charge in [-0.15, -0.1) is 10.2 Å². The molecule has 10 heteroatoms. The van der Waals surface area contributed by atoms with Gasteiger partial charge in [-0.3, -0.25) is 9.69 Å². The van der Waals surface area contributed by atoms with Crippen molar-refractivity contribution in [2.45, 2.75) is 36.4 Å². The Bertz CT molecular complexity index is 838. The summed E-state index contributed by atoms with van der Waals surface area (Å²) in [4.78, 5) is 14.8. The summed E-state index contributed by atoms with van der Waals surface area (Å²) in [7, 11) is 0. The van der Waals surface area contributed by atoms with E-state index in [1.54, 1.807) is 0 Å². The van der Waals surface area contributed by atoms with Gasteiger partial charge in [0.1, 0.15) is 0 Å². The maximum atomic E-state index is 12.4. The van der Waals surface area contributed by atoms with Gasteiger partial charge in [0.05, 0.1) is 25.1 Å². The number of aromatic nitrogens is 2. The van der Waals surface area contributed by atoms with Crippen LogP contribution in [0.3, 0.4) is 0 Å². The number of thioether (sulfide) groups is 1. The highest BCUT2D eigenvalue weighted by atomic mass is 32.2. The molecule has 1 atom stereocenters. The summed E-state index contributed by atoms with van der Waals surface area (Å²) in [6.07, 6.45) is 2.47. The number of ether oxygens (including phenoxy) is 2. The zero-order valence-corrected chi connectivity index (χ0v) is 19.2. The zero-order chi connectivity index (χ0) is 21.3. The van der Waals surface area contributed by atoms with Crippen molar-refractivity contribution in [2.75, 3.05) is 50.5 Å². The van der Waals surface area contributed by atoms with Crippen molar-refractivity contribution in [2.24, 2.45) is 0 Å². The van der Waals surface area contributed by atoms with Crippen LogP contribution in [-0.4, -0.2) is 72.3 Å². The number of morpholine rings is 1. The number of amides is 1. The molecule has 168 valence electrons. The quantitative estimate of drug-likeness (QED) is 0.519. The molecule has 2 aliphatic heterocycles. The molecule has 0 aliphatic carbocycles. The molecule has 31 heavy (non-hydrogen) atoms. The standard InChI is InChI=1S/C21H29N5O3S2/c27-19(15-30-21-25-24-20(31-21)23-13-18-6-3-9-29-18)22-12-16-4-1-2-5-17(16)14-26-7-10-28-11-8-26/h1-2,4-5,18H,3,6-15H2,(H,22,27)(H,23,24)/t18-/m0/s1. The summed E-state index contributed by atoms with van der Waals surface area (Å²) < 4.78 is 11.8. The van der Waals surface area contributed by atoms with Crippen LogP contribution < -0.4 is 10.6 Å². The van der Waals surface area contributed by atoms with Crippen LogP contribution in [0.5, 0.6) is 0 Å². The highest BCUT2D eigenvalue weighted by Gasteiger charge is 2.16. The molecule has 1 amide bonds. The molecule has 0 bridgehead atoms. The fourth-order valence-corrected chi connectivity index (χ4v) is 5.19. The van der Waals surface area contributed by atoms with Gasteiger partial charge < -0.3 is 20.1 Å². The Morgan fingerprint density at radius 2 is 2.03 bits per heavy atom. The van der Waals surface area contributed by atoms with Crippen LogP contribution >= 0.6 is 23.1 Å². The minimum absolute atomic E-state index is 0.00441. The number of hydrogen-bond donors (Lipinski definition) is 2. The number of anilines is 1. The van der Waals surface area contributed by atoms with Crippen molar-refractivity contribution in [3.63, 3.8) is 0 Å². The van der Waals surface area contributed by atoms with Crippen molar-refractivity contribution in [1.29, 1.82) is 0 Å². The molecule has 8 nitrogen and oxygen atoms in total. The second kappa shape index (κ2) is 11.8. The second-order valence-corrected chi connectivity index (χ2v) is 9.81. The smallest absolute Gasteiger partial charge is 0.230 e. The summed E-state index contributed by atoms with van der Waals surface area (Å²) in [6.45, 7) is 6.48. The van der Waals surface area contributed by atoms with E-state index in [0.717, 1.165) is 73.9 Å². The molecule has 0 spiro atoms. The molecule has 0 radical (unpaired) electrons. The maximum Gasteiger partial charge on any atom is 0.230 e. The first-order valence-corrected chi connectivity index (χ1v) is 12.5. The molecule has 2 saturated heterocycles. The minimum atomic E-state index is -0.00441. The fraction of sp³-hybridized carbons (Fsp3) is 0.571. The van der Waals surface area contributed by atoms with Gasteiger partial charge in [0.15, 0.2) is 4.34 Å². The molecule has 4 rings (SSSR count). The van der Waals surface area contributed by atoms with E-state index in [-0.39, 0.29) is 12.0 Å². The number of rotatable bonds is 10. The van der Waals surface area contributed by atoms with E-state index in [1.807, 2.05) is 6.07 Å². The van der Waals surface area contributed by atoms with E-state index in [9.17, 15) is 4.79 Å². The predicted octanol–water partition coefficient (Wildman–Crippen LogP) is 2.37. The Kier molecular flexibility index (Phi) is 8.53. The van der Waals surface area contributed by atoms with Crippen LogP contribution in [0.4, 0.5) is 5.13 Å². The van der Waals surface area contributed by atoms with Crippen LogP contribution in [0, 0.1) is 0 Å². The molecule has 2 fully saturated rings. The lowest BCUT2D eigenvalue weighted by Gasteiger charge is -2.27. The summed E-state index contributed by atoms with van der Waals surface area (Å²) in [6, 6.07) is 8.29. The number of hydrogen-bond acceptors (Lipinski definition) is 9. The zero-order valence-electron chi connectivity index (χ0n) is 17.5. The number of carbonyl (C=O) groups excluding carboxylic acids is 1. The van der Waals surface area contributed by atoms with Crippen molar-refractivity contribution in [3.8, 4) is 0 Å². The molecule has 1 aromatic heterocycles. The van der Waals surface area contributed by atoms with Crippen LogP contribution in [0.25, 0.3) is 0 Å². The topological polar surface area (TPSA) is 88.6 Å². The molecule has 3 heterocycles. The van der Waals surface area contributed by atoms with Gasteiger partial charge >= 0.3 is 0 Å². The molecule has 2 aromatic rings. The van der Waals surface area contributed by atoms with Crippen molar-refractivity contribution in [3.05, 3.63) is 35.4 Å². The summed E-state index contributed by atoms with van der Waals surface area (Å²) in [5, 5.41) is 15.4. The molecule has 2 N–H and O–H groups in total. The van der Waals surface area contributed by atoms with E-state index >= 15 is 0 Å². The third-order valence-corrected chi connectivity index (χ3v) is 7.34. The lowest BCUT2D eigenvalue weighted by molar-refractivity contribution is -0.118. The lowest BCUT2D eigenvalue weighted by atomic mass is 10.1. The van der Waals surface area contributed by atoms with Gasteiger partial charge in [0.2, 0.25) is 11.0 Å². The molecule has 1 aromatic carbocycles. The first-order valence-electron chi connectivity index (χ1n) is 10.7. The first-order chi connectivity index (χ1) is 15.3. The Hall–Kier alpha value is -1.72. The van der Waals surface area contributed by atoms with Crippen LogP contribution in [0.15, 0.2) is 28.6 Å². The minimum Gasteiger partial charge on any atom is -0.379 e. The monoisotopic (exact) mass is 463 g/mol. The van der Waals surface area contributed by atoms with Crippen molar-refractivity contribution < 1.29 is 14.3 Å². The fourth-order valence-electron chi connectivity index (χ4n) is 3.60. The third-order valence-electron chi connectivity index (χ3n) is 5.33. The van der Waals surface area contributed by atoms with Crippen LogP contribution in [-0.2, 0) is 27.4 Å². The summed E-state index contributed by atoms with van der Waals surface area (Å²) >= 11 is 2.89. The Morgan fingerprint density at radius 3 is 2.84 bits per heavy atom. The average Bonchev–Trinajstić information content (AvgIpc) is 3.48. The Balaban J connectivity index is 1.19. The largest absolute Gasteiger partial charge is 0.379 e. The van der Waals surface area contributed by atoms with E-state index in [1.165, 1.54) is 28.7 Å². The van der Waals surface area contributed by atoms with Gasteiger partial charge in [-0.25, -0.2) is 0 Å². The second-order valence-electron chi connectivity index (χ2n) is 7.61. The third kappa shape index (κ3) is 7.15. The van der Waals surface area contributed by atoms with Gasteiger partial charge in [-0.05, 0) is 24.0 Å². The molecular weight excluding hydrogens is 434 g/mol. The normalized spacial score (nSPS) is 19.4. The predicted molar refractivity (Wildman–Crippen MR) is 122 cm³/mol. The lowest BCUT2D eigenvalue weighted by Crippen LogP contribution is -2.36. The maximum absolute atomic E-state index is 12.4. The highest BCUT2D eigenvalue weighted by molar-refractivity contribution is 8.01. The Morgan fingerprint density at radius 1 is 1.19 bits per heavy atom. The number of carbonyl (C=O) groups is 1. The summed E-state index contributed by atoms with van der Waals surface area (Å²) in [5.41, 5.74) is 2.41. The number of benzene rings is 1. The van der Waals surface area contributed by atoms with E-state index in [0.29, 0.717) is 12.3 Å². The molecule has 0 unspecified atom stereocenters. The number of nitrogens with zero attached hydrogens (tertiary/aromatic N) is 3. The SMILES string of the molecule is O=C(CSc1nnc(NC[C@@H]2CCCO2)s1)NCc1ccccc1CN1CCOCC1. The Labute approximate surface area is 191 Å². The van der Waals surface area contributed by atoms with Gasteiger partial charge in [-0.2, -0.15) is 0 Å².